The van der Waals surface area contributed by atoms with E-state index in [1.807, 2.05) is 20.9 Å². The van der Waals surface area contributed by atoms with Crippen molar-refractivity contribution in [3.8, 4) is 0 Å². The van der Waals surface area contributed by atoms with Gasteiger partial charge in [-0.25, -0.2) is 0 Å². The molecule has 4 nitrogen and oxygen atoms in total. The molecule has 1 aromatic carbocycles. The Morgan fingerprint density at radius 2 is 2.00 bits per heavy atom. The van der Waals surface area contributed by atoms with E-state index in [9.17, 15) is 9.90 Å². The van der Waals surface area contributed by atoms with Gasteiger partial charge in [-0.05, 0) is 52.7 Å². The first-order valence-electron chi connectivity index (χ1n) is 7.45. The third-order valence-electron chi connectivity index (χ3n) is 3.79. The van der Waals surface area contributed by atoms with Crippen molar-refractivity contribution in [2.45, 2.75) is 52.6 Å². The molecule has 2 N–H and O–H groups in total. The molecule has 1 atom stereocenters. The van der Waals surface area contributed by atoms with Crippen molar-refractivity contribution < 1.29 is 9.90 Å². The molecule has 1 rings (SSSR count). The fourth-order valence-corrected chi connectivity index (χ4v) is 2.62. The molecular weight excluding hydrogens is 264 g/mol. The second kappa shape index (κ2) is 6.94. The summed E-state index contributed by atoms with van der Waals surface area (Å²) in [6.07, 6.45) is 0.546. The molecule has 0 spiro atoms. The van der Waals surface area contributed by atoms with Gasteiger partial charge in [-0.1, -0.05) is 17.7 Å². The van der Waals surface area contributed by atoms with Crippen LogP contribution in [0.15, 0.2) is 18.2 Å². The number of carboxylic acid groups (broad SMARTS) is 1. The molecule has 0 radical (unpaired) electrons. The highest BCUT2D eigenvalue weighted by molar-refractivity contribution is 5.78. The maximum Gasteiger partial charge on any atom is 0.323 e. The summed E-state index contributed by atoms with van der Waals surface area (Å²) in [6, 6.07) is 6.46. The van der Waals surface area contributed by atoms with Gasteiger partial charge in [0.25, 0.3) is 0 Å². The van der Waals surface area contributed by atoms with Crippen molar-refractivity contribution >= 4 is 11.7 Å². The van der Waals surface area contributed by atoms with Gasteiger partial charge in [-0.15, -0.1) is 0 Å². The van der Waals surface area contributed by atoms with Gasteiger partial charge in [0.05, 0.1) is 0 Å². The van der Waals surface area contributed by atoms with E-state index < -0.39 is 11.5 Å². The van der Waals surface area contributed by atoms with Gasteiger partial charge >= 0.3 is 5.97 Å². The first kappa shape index (κ1) is 17.5. The van der Waals surface area contributed by atoms with Crippen LogP contribution in [0.25, 0.3) is 0 Å². The topological polar surface area (TPSA) is 52.6 Å². The van der Waals surface area contributed by atoms with E-state index in [4.69, 9.17) is 0 Å². The van der Waals surface area contributed by atoms with Crippen molar-refractivity contribution in [1.29, 1.82) is 0 Å². The van der Waals surface area contributed by atoms with Gasteiger partial charge in [0, 0.05) is 25.3 Å². The third-order valence-corrected chi connectivity index (χ3v) is 3.79. The molecule has 118 valence electrons. The van der Waals surface area contributed by atoms with Crippen molar-refractivity contribution in [2.75, 3.05) is 18.5 Å². The van der Waals surface area contributed by atoms with Crippen LogP contribution < -0.4 is 10.2 Å². The molecule has 0 fully saturated rings. The number of benzene rings is 1. The molecule has 0 aliphatic carbocycles. The Labute approximate surface area is 128 Å². The molecule has 1 unspecified atom stereocenters. The zero-order valence-electron chi connectivity index (χ0n) is 14.0. The number of rotatable bonds is 7. The Hall–Kier alpha value is -1.55. The van der Waals surface area contributed by atoms with E-state index >= 15 is 0 Å². The van der Waals surface area contributed by atoms with Crippen LogP contribution in [-0.4, -0.2) is 36.2 Å². The van der Waals surface area contributed by atoms with E-state index in [2.05, 4.69) is 42.3 Å². The smallest absolute Gasteiger partial charge is 0.323 e. The van der Waals surface area contributed by atoms with Crippen LogP contribution in [-0.2, 0) is 4.79 Å². The summed E-state index contributed by atoms with van der Waals surface area (Å²) in [6.45, 7) is 10.5. The Morgan fingerprint density at radius 3 is 2.48 bits per heavy atom. The van der Waals surface area contributed by atoms with Gasteiger partial charge in [-0.3, -0.25) is 10.1 Å². The third kappa shape index (κ3) is 4.74. The van der Waals surface area contributed by atoms with E-state index in [-0.39, 0.29) is 6.04 Å². The average Bonchev–Trinajstić information content (AvgIpc) is 2.35. The number of hydrogen-bond acceptors (Lipinski definition) is 3. The lowest BCUT2D eigenvalue weighted by Crippen LogP contribution is -2.53. The number of aryl methyl sites for hydroxylation is 2. The van der Waals surface area contributed by atoms with Crippen LogP contribution in [0.4, 0.5) is 5.69 Å². The highest BCUT2D eigenvalue weighted by atomic mass is 16.4. The lowest BCUT2D eigenvalue weighted by molar-refractivity contribution is -0.144. The number of anilines is 1. The SMILES string of the molecule is Cc1ccc(N(C)CCC(C)(NC(C)C)C(=O)O)c(C)c1. The largest absolute Gasteiger partial charge is 0.480 e. The number of nitrogens with one attached hydrogen (secondary N) is 1. The Bertz CT molecular complexity index is 500. The molecule has 0 amide bonds. The molecule has 0 saturated carbocycles. The minimum atomic E-state index is -0.902. The Morgan fingerprint density at radius 1 is 1.38 bits per heavy atom. The molecule has 1 aromatic rings. The predicted molar refractivity (Wildman–Crippen MR) is 88.1 cm³/mol. The van der Waals surface area contributed by atoms with Crippen LogP contribution in [0.5, 0.6) is 0 Å². The van der Waals surface area contributed by atoms with Gasteiger partial charge < -0.3 is 10.0 Å². The fourth-order valence-electron chi connectivity index (χ4n) is 2.62. The molecule has 0 aliphatic rings. The molecule has 0 bridgehead atoms. The van der Waals surface area contributed by atoms with Crippen LogP contribution in [0.1, 0.15) is 38.3 Å². The lowest BCUT2D eigenvalue weighted by atomic mass is 9.96. The minimum absolute atomic E-state index is 0.137. The fraction of sp³-hybridized carbons (Fsp3) is 0.588. The van der Waals surface area contributed by atoms with Crippen molar-refractivity contribution in [3.05, 3.63) is 29.3 Å². The summed E-state index contributed by atoms with van der Waals surface area (Å²) in [5.41, 5.74) is 2.70. The molecule has 0 aliphatic heterocycles. The van der Waals surface area contributed by atoms with Crippen molar-refractivity contribution in [3.63, 3.8) is 0 Å². The minimum Gasteiger partial charge on any atom is -0.480 e. The first-order valence-corrected chi connectivity index (χ1v) is 7.45. The van der Waals surface area contributed by atoms with Crippen LogP contribution in [0.3, 0.4) is 0 Å². The van der Waals surface area contributed by atoms with Crippen LogP contribution in [0.2, 0.25) is 0 Å². The molecule has 0 saturated heterocycles. The summed E-state index contributed by atoms with van der Waals surface area (Å²) >= 11 is 0. The average molecular weight is 292 g/mol. The summed E-state index contributed by atoms with van der Waals surface area (Å²) in [4.78, 5) is 13.7. The second-order valence-corrected chi connectivity index (χ2v) is 6.40. The number of carboxylic acids is 1. The maximum absolute atomic E-state index is 11.5. The Kier molecular flexibility index (Phi) is 5.78. The van der Waals surface area contributed by atoms with E-state index in [0.29, 0.717) is 13.0 Å². The van der Waals surface area contributed by atoms with Crippen molar-refractivity contribution in [2.24, 2.45) is 0 Å². The number of carbonyl (C=O) groups is 1. The van der Waals surface area contributed by atoms with Crippen LogP contribution in [0, 0.1) is 13.8 Å². The zero-order valence-corrected chi connectivity index (χ0v) is 14.0. The molecular formula is C17H28N2O2. The number of hydrogen-bond donors (Lipinski definition) is 2. The van der Waals surface area contributed by atoms with Gasteiger partial charge in [0.1, 0.15) is 5.54 Å². The Balaban J connectivity index is 2.78. The van der Waals surface area contributed by atoms with E-state index in [1.165, 1.54) is 11.1 Å². The zero-order chi connectivity index (χ0) is 16.2. The normalized spacial score (nSPS) is 14.0. The molecule has 0 heterocycles. The monoisotopic (exact) mass is 292 g/mol. The predicted octanol–water partition coefficient (Wildman–Crippen LogP) is 2.97. The first-order chi connectivity index (χ1) is 9.65. The van der Waals surface area contributed by atoms with E-state index in [1.54, 1.807) is 6.92 Å². The summed E-state index contributed by atoms with van der Waals surface area (Å²) in [5.74, 6) is -0.801. The highest BCUT2D eigenvalue weighted by Gasteiger charge is 2.33. The summed E-state index contributed by atoms with van der Waals surface area (Å²) < 4.78 is 0. The highest BCUT2D eigenvalue weighted by Crippen LogP contribution is 2.21. The van der Waals surface area contributed by atoms with Crippen molar-refractivity contribution in [1.82, 2.24) is 5.32 Å². The standard InChI is InChI=1S/C17H28N2O2/c1-12(2)18-17(5,16(20)21)9-10-19(6)15-8-7-13(3)11-14(15)4/h7-8,11-12,18H,9-10H2,1-6H3,(H,20,21). The van der Waals surface area contributed by atoms with Gasteiger partial charge in [0.2, 0.25) is 0 Å². The quantitative estimate of drug-likeness (QED) is 0.811. The maximum atomic E-state index is 11.5. The summed E-state index contributed by atoms with van der Waals surface area (Å²) in [5, 5.41) is 12.6. The van der Waals surface area contributed by atoms with Crippen LogP contribution >= 0.6 is 0 Å². The molecule has 21 heavy (non-hydrogen) atoms. The summed E-state index contributed by atoms with van der Waals surface area (Å²) in [7, 11) is 2.01. The number of nitrogens with zero attached hydrogens (tertiary/aromatic N) is 1. The molecule has 4 heteroatoms. The lowest BCUT2D eigenvalue weighted by Gasteiger charge is -2.31. The van der Waals surface area contributed by atoms with Gasteiger partial charge in [-0.2, -0.15) is 0 Å². The molecule has 0 aromatic heterocycles. The van der Waals surface area contributed by atoms with E-state index in [0.717, 1.165) is 5.69 Å². The van der Waals surface area contributed by atoms with Gasteiger partial charge in [0.15, 0.2) is 0 Å². The second-order valence-electron chi connectivity index (χ2n) is 6.40. The number of aliphatic carboxylic acids is 1.